The molecule has 2 aromatic carbocycles. The molecule has 8 nitrogen and oxygen atoms in total. The van der Waals surface area contributed by atoms with Crippen molar-refractivity contribution in [3.05, 3.63) is 48.5 Å². The molecule has 0 bridgehead atoms. The number of amides is 1. The minimum Gasteiger partial charge on any atom is -0.423 e. The summed E-state index contributed by atoms with van der Waals surface area (Å²) in [4.78, 5) is 19.4. The van der Waals surface area contributed by atoms with Crippen molar-refractivity contribution >= 4 is 38.7 Å². The lowest BCUT2D eigenvalue weighted by atomic mass is 9.96. The van der Waals surface area contributed by atoms with Crippen molar-refractivity contribution in [3.8, 4) is 0 Å². The molecular weight excluding hydrogens is 416 g/mol. The van der Waals surface area contributed by atoms with Gasteiger partial charge in [-0.1, -0.05) is 12.1 Å². The lowest BCUT2D eigenvalue weighted by Gasteiger charge is -2.30. The number of carbonyl (C=O) groups is 1. The normalized spacial score (nSPS) is 15.5. The first-order valence-corrected chi connectivity index (χ1v) is 11.8. The lowest BCUT2D eigenvalue weighted by Crippen LogP contribution is -2.38. The van der Waals surface area contributed by atoms with Gasteiger partial charge in [0.1, 0.15) is 5.52 Å². The highest BCUT2D eigenvalue weighted by Gasteiger charge is 2.27. The molecule has 0 atom stereocenters. The van der Waals surface area contributed by atoms with Crippen LogP contribution in [0.15, 0.2) is 57.8 Å². The standard InChI is InChI=1S/C22H26N4O4S/c1-15(2)25-31(28,29)18-9-7-17(8-10-18)23-21(27)16-11-13-26(14-12-16)22-24-19-5-3-4-6-20(19)30-22/h3-10,15-16,25H,11-14H2,1-2H3,(H,23,27). The first kappa shape index (κ1) is 21.3. The van der Waals surface area contributed by atoms with E-state index in [9.17, 15) is 13.2 Å². The van der Waals surface area contributed by atoms with Crippen LogP contribution < -0.4 is 14.9 Å². The lowest BCUT2D eigenvalue weighted by molar-refractivity contribution is -0.120. The van der Waals surface area contributed by atoms with E-state index in [0.717, 1.165) is 11.1 Å². The van der Waals surface area contributed by atoms with Gasteiger partial charge in [0.25, 0.3) is 6.01 Å². The Hall–Kier alpha value is -2.91. The van der Waals surface area contributed by atoms with Crippen LogP contribution in [0.25, 0.3) is 11.1 Å². The molecule has 31 heavy (non-hydrogen) atoms. The second-order valence-corrected chi connectivity index (χ2v) is 9.73. The second kappa shape index (κ2) is 8.68. The Morgan fingerprint density at radius 2 is 1.77 bits per heavy atom. The fourth-order valence-corrected chi connectivity index (χ4v) is 4.92. The summed E-state index contributed by atoms with van der Waals surface area (Å²) in [6.45, 7) is 4.90. The molecule has 0 aliphatic carbocycles. The third-order valence-electron chi connectivity index (χ3n) is 5.24. The van der Waals surface area contributed by atoms with E-state index in [1.165, 1.54) is 12.1 Å². The van der Waals surface area contributed by atoms with Gasteiger partial charge in [-0.05, 0) is 63.1 Å². The molecule has 164 valence electrons. The molecule has 3 aromatic rings. The highest BCUT2D eigenvalue weighted by molar-refractivity contribution is 7.89. The van der Waals surface area contributed by atoms with E-state index in [0.29, 0.717) is 37.6 Å². The van der Waals surface area contributed by atoms with Gasteiger partial charge in [0, 0.05) is 30.7 Å². The Kier molecular flexibility index (Phi) is 5.97. The van der Waals surface area contributed by atoms with Crippen molar-refractivity contribution in [2.24, 2.45) is 5.92 Å². The number of nitrogens with one attached hydrogen (secondary N) is 2. The number of rotatable bonds is 6. The van der Waals surface area contributed by atoms with Crippen molar-refractivity contribution in [1.82, 2.24) is 9.71 Å². The number of aromatic nitrogens is 1. The summed E-state index contributed by atoms with van der Waals surface area (Å²) >= 11 is 0. The number of oxazole rings is 1. The van der Waals surface area contributed by atoms with Gasteiger partial charge in [-0.15, -0.1) is 0 Å². The van der Waals surface area contributed by atoms with Crippen LogP contribution in [-0.2, 0) is 14.8 Å². The number of nitrogens with zero attached hydrogens (tertiary/aromatic N) is 2. The van der Waals surface area contributed by atoms with Crippen LogP contribution in [0.3, 0.4) is 0 Å². The molecule has 0 saturated carbocycles. The van der Waals surface area contributed by atoms with Gasteiger partial charge in [0.05, 0.1) is 4.90 Å². The first-order chi connectivity index (χ1) is 14.8. The van der Waals surface area contributed by atoms with Crippen LogP contribution in [0.2, 0.25) is 0 Å². The molecular formula is C22H26N4O4S. The molecule has 1 aliphatic rings. The molecule has 1 aromatic heterocycles. The zero-order chi connectivity index (χ0) is 22.0. The van der Waals surface area contributed by atoms with Gasteiger partial charge in [0.15, 0.2) is 5.58 Å². The predicted molar refractivity (Wildman–Crippen MR) is 119 cm³/mol. The maximum Gasteiger partial charge on any atom is 0.298 e. The highest BCUT2D eigenvalue weighted by Crippen LogP contribution is 2.27. The van der Waals surface area contributed by atoms with E-state index in [4.69, 9.17) is 4.42 Å². The van der Waals surface area contributed by atoms with Gasteiger partial charge in [-0.2, -0.15) is 4.98 Å². The molecule has 2 N–H and O–H groups in total. The summed E-state index contributed by atoms with van der Waals surface area (Å²) in [5.74, 6) is -0.181. The smallest absolute Gasteiger partial charge is 0.298 e. The number of sulfonamides is 1. The average Bonchev–Trinajstić information content (AvgIpc) is 3.18. The number of fused-ring (bicyclic) bond motifs is 1. The molecule has 4 rings (SSSR count). The quantitative estimate of drug-likeness (QED) is 0.607. The number of piperidine rings is 1. The summed E-state index contributed by atoms with van der Waals surface area (Å²) in [6.07, 6.45) is 1.38. The number of para-hydroxylation sites is 2. The van der Waals surface area contributed by atoms with Gasteiger partial charge in [-0.25, -0.2) is 13.1 Å². The number of carbonyl (C=O) groups excluding carboxylic acids is 1. The van der Waals surface area contributed by atoms with Crippen molar-refractivity contribution in [3.63, 3.8) is 0 Å². The molecule has 2 heterocycles. The minimum absolute atomic E-state index is 0.0619. The molecule has 0 unspecified atom stereocenters. The number of anilines is 2. The predicted octanol–water partition coefficient (Wildman–Crippen LogP) is 3.37. The van der Waals surface area contributed by atoms with Crippen LogP contribution in [-0.4, -0.2) is 38.4 Å². The van der Waals surface area contributed by atoms with Crippen molar-refractivity contribution < 1.29 is 17.6 Å². The maximum absolute atomic E-state index is 12.7. The Morgan fingerprint density at radius 3 is 2.42 bits per heavy atom. The summed E-state index contributed by atoms with van der Waals surface area (Å²) in [7, 11) is -3.55. The van der Waals surface area contributed by atoms with E-state index in [1.807, 2.05) is 24.3 Å². The zero-order valence-corrected chi connectivity index (χ0v) is 18.4. The Balaban J connectivity index is 1.33. The molecule has 1 aliphatic heterocycles. The zero-order valence-electron chi connectivity index (χ0n) is 17.5. The highest BCUT2D eigenvalue weighted by atomic mass is 32.2. The monoisotopic (exact) mass is 442 g/mol. The molecule has 0 radical (unpaired) electrons. The van der Waals surface area contributed by atoms with Gasteiger partial charge in [-0.3, -0.25) is 4.79 Å². The number of hydrogen-bond acceptors (Lipinski definition) is 6. The fraction of sp³-hybridized carbons (Fsp3) is 0.364. The summed E-state index contributed by atoms with van der Waals surface area (Å²) in [5, 5.41) is 2.90. The van der Waals surface area contributed by atoms with E-state index in [-0.39, 0.29) is 22.8 Å². The Labute approximate surface area is 181 Å². The SMILES string of the molecule is CC(C)NS(=O)(=O)c1ccc(NC(=O)C2CCN(c3nc4ccccc4o3)CC2)cc1. The maximum atomic E-state index is 12.7. The summed E-state index contributed by atoms with van der Waals surface area (Å²) in [5.41, 5.74) is 2.16. The average molecular weight is 443 g/mol. The van der Waals surface area contributed by atoms with E-state index in [1.54, 1.807) is 26.0 Å². The molecule has 1 amide bonds. The first-order valence-electron chi connectivity index (χ1n) is 10.4. The molecule has 0 spiro atoms. The topological polar surface area (TPSA) is 105 Å². The van der Waals surface area contributed by atoms with Crippen LogP contribution in [0.4, 0.5) is 11.7 Å². The minimum atomic E-state index is -3.55. The van der Waals surface area contributed by atoms with Crippen LogP contribution in [0.1, 0.15) is 26.7 Å². The Bertz CT molecular complexity index is 1130. The second-order valence-electron chi connectivity index (χ2n) is 8.02. The Morgan fingerprint density at radius 1 is 1.10 bits per heavy atom. The summed E-state index contributed by atoms with van der Waals surface area (Å²) in [6, 6.07) is 14.3. The largest absolute Gasteiger partial charge is 0.423 e. The van der Waals surface area contributed by atoms with Gasteiger partial charge >= 0.3 is 0 Å². The third kappa shape index (κ3) is 4.88. The molecule has 1 saturated heterocycles. The van der Waals surface area contributed by atoms with Crippen LogP contribution in [0.5, 0.6) is 0 Å². The number of hydrogen-bond donors (Lipinski definition) is 2. The van der Waals surface area contributed by atoms with Crippen LogP contribution in [0, 0.1) is 5.92 Å². The van der Waals surface area contributed by atoms with E-state index in [2.05, 4.69) is 19.9 Å². The molecule has 9 heteroatoms. The third-order valence-corrected chi connectivity index (χ3v) is 6.92. The molecule has 1 fully saturated rings. The van der Waals surface area contributed by atoms with Gasteiger partial charge < -0.3 is 14.6 Å². The summed E-state index contributed by atoms with van der Waals surface area (Å²) < 4.78 is 32.8. The van der Waals surface area contributed by atoms with Crippen molar-refractivity contribution in [2.45, 2.75) is 37.6 Å². The van der Waals surface area contributed by atoms with Crippen molar-refractivity contribution in [1.29, 1.82) is 0 Å². The number of benzene rings is 2. The van der Waals surface area contributed by atoms with Crippen molar-refractivity contribution in [2.75, 3.05) is 23.3 Å². The van der Waals surface area contributed by atoms with Crippen LogP contribution >= 0.6 is 0 Å². The fourth-order valence-electron chi connectivity index (χ4n) is 3.67. The van der Waals surface area contributed by atoms with E-state index < -0.39 is 10.0 Å². The van der Waals surface area contributed by atoms with E-state index >= 15 is 0 Å². The van der Waals surface area contributed by atoms with Gasteiger partial charge in [0.2, 0.25) is 15.9 Å².